The molecule has 0 amide bonds. The Morgan fingerprint density at radius 2 is 2.28 bits per heavy atom. The summed E-state index contributed by atoms with van der Waals surface area (Å²) in [4.78, 5) is 2.25. The van der Waals surface area contributed by atoms with Crippen molar-refractivity contribution in [2.75, 3.05) is 18.4 Å². The van der Waals surface area contributed by atoms with Gasteiger partial charge in [0.05, 0.1) is 17.2 Å². The average Bonchev–Trinajstić information content (AvgIpc) is 2.34. The monoisotopic (exact) mass is 335 g/mol. The standard InChI is InChI=1S/C13H16BrClFNO/c1-9-6-17(8-11(5-14)18-9)7-10-3-2-4-12(16)13(10)15/h2-4,9,11H,5-8H2,1H3. The van der Waals surface area contributed by atoms with Gasteiger partial charge in [0.1, 0.15) is 5.82 Å². The average molecular weight is 337 g/mol. The summed E-state index contributed by atoms with van der Waals surface area (Å²) >= 11 is 9.42. The molecule has 0 N–H and O–H groups in total. The maximum absolute atomic E-state index is 13.4. The Balaban J connectivity index is 2.06. The van der Waals surface area contributed by atoms with Crippen molar-refractivity contribution < 1.29 is 9.13 Å². The van der Waals surface area contributed by atoms with E-state index in [0.29, 0.717) is 6.54 Å². The van der Waals surface area contributed by atoms with Gasteiger partial charge in [-0.3, -0.25) is 4.90 Å². The predicted molar refractivity (Wildman–Crippen MR) is 74.8 cm³/mol. The van der Waals surface area contributed by atoms with Crippen molar-refractivity contribution in [2.24, 2.45) is 0 Å². The van der Waals surface area contributed by atoms with E-state index in [0.717, 1.165) is 24.0 Å². The fourth-order valence-corrected chi connectivity index (χ4v) is 2.81. The lowest BCUT2D eigenvalue weighted by atomic mass is 10.1. The van der Waals surface area contributed by atoms with Gasteiger partial charge in [0.2, 0.25) is 0 Å². The van der Waals surface area contributed by atoms with Crippen LogP contribution < -0.4 is 0 Å². The molecule has 2 rings (SSSR count). The van der Waals surface area contributed by atoms with Crippen LogP contribution in [0.1, 0.15) is 12.5 Å². The third-order valence-corrected chi connectivity index (χ3v) is 4.14. The summed E-state index contributed by atoms with van der Waals surface area (Å²) in [7, 11) is 0. The molecule has 0 radical (unpaired) electrons. The molecule has 0 bridgehead atoms. The molecule has 5 heteroatoms. The van der Waals surface area contributed by atoms with Crippen molar-refractivity contribution in [3.05, 3.63) is 34.6 Å². The Hall–Kier alpha value is -0.160. The summed E-state index contributed by atoms with van der Waals surface area (Å²) in [5.74, 6) is -0.354. The summed E-state index contributed by atoms with van der Waals surface area (Å²) in [6, 6.07) is 4.95. The highest BCUT2D eigenvalue weighted by molar-refractivity contribution is 9.09. The zero-order valence-electron chi connectivity index (χ0n) is 10.2. The lowest BCUT2D eigenvalue weighted by Gasteiger charge is -2.36. The molecule has 0 aromatic heterocycles. The van der Waals surface area contributed by atoms with E-state index in [1.165, 1.54) is 6.07 Å². The lowest BCUT2D eigenvalue weighted by molar-refractivity contribution is -0.0678. The SMILES string of the molecule is CC1CN(Cc2cccc(F)c2Cl)CC(CBr)O1. The second kappa shape index (κ2) is 6.33. The molecule has 0 spiro atoms. The molecular weight excluding hydrogens is 321 g/mol. The summed E-state index contributed by atoms with van der Waals surface area (Å²) in [6.45, 7) is 4.39. The highest BCUT2D eigenvalue weighted by Gasteiger charge is 2.25. The quantitative estimate of drug-likeness (QED) is 0.784. The molecule has 1 aromatic carbocycles. The number of alkyl halides is 1. The number of ether oxygens (including phenoxy) is 1. The van der Waals surface area contributed by atoms with Crippen molar-refractivity contribution in [3.63, 3.8) is 0 Å². The predicted octanol–water partition coefficient (Wildman–Crippen LogP) is 3.46. The first kappa shape index (κ1) is 14.3. The zero-order valence-corrected chi connectivity index (χ0v) is 12.5. The van der Waals surface area contributed by atoms with Crippen LogP contribution in [-0.2, 0) is 11.3 Å². The van der Waals surface area contributed by atoms with Crippen LogP contribution in [0.2, 0.25) is 5.02 Å². The van der Waals surface area contributed by atoms with Gasteiger partial charge in [-0.1, -0.05) is 39.7 Å². The van der Waals surface area contributed by atoms with Gasteiger partial charge in [0.15, 0.2) is 0 Å². The molecule has 1 aliphatic rings. The molecule has 0 saturated carbocycles. The van der Waals surface area contributed by atoms with E-state index in [4.69, 9.17) is 16.3 Å². The minimum absolute atomic E-state index is 0.182. The third kappa shape index (κ3) is 3.44. The van der Waals surface area contributed by atoms with Crippen LogP contribution in [0.25, 0.3) is 0 Å². The molecule has 1 fully saturated rings. The second-order valence-corrected chi connectivity index (χ2v) is 5.66. The highest BCUT2D eigenvalue weighted by Crippen LogP contribution is 2.23. The Morgan fingerprint density at radius 1 is 1.50 bits per heavy atom. The zero-order chi connectivity index (χ0) is 13.1. The van der Waals surface area contributed by atoms with Gasteiger partial charge < -0.3 is 4.74 Å². The third-order valence-electron chi connectivity index (χ3n) is 3.00. The van der Waals surface area contributed by atoms with Gasteiger partial charge in [0.25, 0.3) is 0 Å². The smallest absolute Gasteiger partial charge is 0.142 e. The molecule has 1 aromatic rings. The Morgan fingerprint density at radius 3 is 3.00 bits per heavy atom. The minimum Gasteiger partial charge on any atom is -0.372 e. The first-order chi connectivity index (χ1) is 8.60. The Bertz CT molecular complexity index is 418. The maximum Gasteiger partial charge on any atom is 0.142 e. The van der Waals surface area contributed by atoms with Gasteiger partial charge in [-0.2, -0.15) is 0 Å². The van der Waals surface area contributed by atoms with Crippen molar-refractivity contribution in [3.8, 4) is 0 Å². The fourth-order valence-electron chi connectivity index (χ4n) is 2.27. The second-order valence-electron chi connectivity index (χ2n) is 4.63. The van der Waals surface area contributed by atoms with Gasteiger partial charge >= 0.3 is 0 Å². The molecule has 2 unspecified atom stereocenters. The van der Waals surface area contributed by atoms with Crippen molar-refractivity contribution in [2.45, 2.75) is 25.7 Å². The van der Waals surface area contributed by atoms with Crippen LogP contribution >= 0.6 is 27.5 Å². The van der Waals surface area contributed by atoms with Crippen molar-refractivity contribution >= 4 is 27.5 Å². The summed E-state index contributed by atoms with van der Waals surface area (Å²) < 4.78 is 19.1. The molecule has 1 saturated heterocycles. The molecule has 18 heavy (non-hydrogen) atoms. The molecular formula is C13H16BrClFNO. The van der Waals surface area contributed by atoms with E-state index in [-0.39, 0.29) is 23.0 Å². The van der Waals surface area contributed by atoms with Gasteiger partial charge in [-0.25, -0.2) is 4.39 Å². The molecule has 1 heterocycles. The van der Waals surface area contributed by atoms with E-state index >= 15 is 0 Å². The lowest BCUT2D eigenvalue weighted by Crippen LogP contribution is -2.46. The van der Waals surface area contributed by atoms with E-state index < -0.39 is 0 Å². The largest absolute Gasteiger partial charge is 0.372 e. The van der Waals surface area contributed by atoms with Crippen LogP contribution in [0, 0.1) is 5.82 Å². The Kier molecular flexibility index (Phi) is 5.01. The summed E-state index contributed by atoms with van der Waals surface area (Å²) in [5, 5.41) is 1.04. The summed E-state index contributed by atoms with van der Waals surface area (Å²) in [5.41, 5.74) is 0.832. The normalized spacial score (nSPS) is 25.3. The fraction of sp³-hybridized carbons (Fsp3) is 0.538. The Labute approximate surface area is 120 Å². The number of morpholine rings is 1. The van der Waals surface area contributed by atoms with Crippen LogP contribution in [0.3, 0.4) is 0 Å². The number of hydrogen-bond donors (Lipinski definition) is 0. The molecule has 0 aliphatic carbocycles. The molecule has 2 atom stereocenters. The number of hydrogen-bond acceptors (Lipinski definition) is 2. The van der Waals surface area contributed by atoms with Crippen LogP contribution in [-0.4, -0.2) is 35.5 Å². The number of benzene rings is 1. The molecule has 100 valence electrons. The van der Waals surface area contributed by atoms with E-state index in [1.807, 2.05) is 6.07 Å². The highest BCUT2D eigenvalue weighted by atomic mass is 79.9. The molecule has 2 nitrogen and oxygen atoms in total. The first-order valence-corrected chi connectivity index (χ1v) is 7.46. The topological polar surface area (TPSA) is 12.5 Å². The van der Waals surface area contributed by atoms with Gasteiger partial charge in [-0.05, 0) is 18.6 Å². The molecule has 1 aliphatic heterocycles. The van der Waals surface area contributed by atoms with Crippen LogP contribution in [0.15, 0.2) is 18.2 Å². The number of halogens is 3. The number of nitrogens with zero attached hydrogens (tertiary/aromatic N) is 1. The first-order valence-electron chi connectivity index (χ1n) is 5.96. The van der Waals surface area contributed by atoms with Gasteiger partial charge in [-0.15, -0.1) is 0 Å². The van der Waals surface area contributed by atoms with E-state index in [9.17, 15) is 4.39 Å². The number of rotatable bonds is 3. The van der Waals surface area contributed by atoms with Gasteiger partial charge in [0, 0.05) is 25.0 Å². The summed E-state index contributed by atoms with van der Waals surface area (Å²) in [6.07, 6.45) is 0.370. The van der Waals surface area contributed by atoms with Crippen molar-refractivity contribution in [1.29, 1.82) is 0 Å². The van der Waals surface area contributed by atoms with Crippen LogP contribution in [0.5, 0.6) is 0 Å². The maximum atomic E-state index is 13.4. The van der Waals surface area contributed by atoms with E-state index in [1.54, 1.807) is 6.07 Å². The minimum atomic E-state index is -0.354. The van der Waals surface area contributed by atoms with Crippen molar-refractivity contribution in [1.82, 2.24) is 4.90 Å². The van der Waals surface area contributed by atoms with E-state index in [2.05, 4.69) is 27.8 Å². The van der Waals surface area contributed by atoms with Crippen LogP contribution in [0.4, 0.5) is 4.39 Å².